The zero-order chi connectivity index (χ0) is 22.3. The largest absolute Gasteiger partial charge is 0.312 e. The minimum Gasteiger partial charge on any atom is -0.312 e. The molecule has 0 unspecified atom stereocenters. The summed E-state index contributed by atoms with van der Waals surface area (Å²) in [5.74, 6) is 1.14. The molecule has 1 amide bonds. The van der Waals surface area contributed by atoms with E-state index in [9.17, 15) is 13.2 Å². The van der Waals surface area contributed by atoms with Crippen molar-refractivity contribution >= 4 is 33.9 Å². The van der Waals surface area contributed by atoms with Gasteiger partial charge in [0.2, 0.25) is 10.0 Å². The molecule has 1 N–H and O–H groups in total. The highest BCUT2D eigenvalue weighted by molar-refractivity contribution is 7.92. The highest BCUT2D eigenvalue weighted by Crippen LogP contribution is 2.35. The number of fused-ring (bicyclic) bond motifs is 1. The summed E-state index contributed by atoms with van der Waals surface area (Å²) in [6.45, 7) is 2.72. The van der Waals surface area contributed by atoms with E-state index < -0.39 is 15.6 Å². The molecule has 0 atom stereocenters. The van der Waals surface area contributed by atoms with Gasteiger partial charge >= 0.3 is 0 Å². The number of aliphatic imine (C=N–C) groups is 1. The Labute approximate surface area is 190 Å². The van der Waals surface area contributed by atoms with Crippen molar-refractivity contribution in [2.75, 3.05) is 13.1 Å². The van der Waals surface area contributed by atoms with Crippen LogP contribution in [0.4, 0.5) is 0 Å². The first-order valence-electron chi connectivity index (χ1n) is 11.7. The fraction of sp³-hybridized carbons (Fsp3) is 0.520. The van der Waals surface area contributed by atoms with Crippen LogP contribution < -0.4 is 5.32 Å². The molecule has 2 fully saturated rings. The summed E-state index contributed by atoms with van der Waals surface area (Å²) in [6.07, 6.45) is 11.4. The summed E-state index contributed by atoms with van der Waals surface area (Å²) in [6, 6.07) is 6.02. The van der Waals surface area contributed by atoms with Crippen molar-refractivity contribution in [3.63, 3.8) is 0 Å². The van der Waals surface area contributed by atoms with Crippen molar-refractivity contribution in [2.24, 2.45) is 10.9 Å². The van der Waals surface area contributed by atoms with E-state index in [0.29, 0.717) is 31.8 Å². The monoisotopic (exact) mass is 453 g/mol. The number of allylic oxidation sites excluding steroid dienone is 1. The lowest BCUT2D eigenvalue weighted by Gasteiger charge is -2.34. The first-order chi connectivity index (χ1) is 15.4. The van der Waals surface area contributed by atoms with E-state index in [1.165, 1.54) is 40.1 Å². The van der Waals surface area contributed by atoms with Gasteiger partial charge in [-0.25, -0.2) is 8.42 Å². The fourth-order valence-corrected chi connectivity index (χ4v) is 6.69. The van der Waals surface area contributed by atoms with Gasteiger partial charge in [0.15, 0.2) is 0 Å². The van der Waals surface area contributed by atoms with Gasteiger partial charge in [0.05, 0.1) is 0 Å². The molecule has 1 aromatic rings. The SMILES string of the molecule is CC1=Cc2c(/C=C/S(=O)(=O)N3CCC4(CC3)N=C(C3CCCCC3)NC4=O)cccc2C1. The summed E-state index contributed by atoms with van der Waals surface area (Å²) in [5.41, 5.74) is 3.77. The molecule has 32 heavy (non-hydrogen) atoms. The molecule has 4 aliphatic rings. The number of piperidine rings is 1. The molecule has 2 aliphatic carbocycles. The Bertz CT molecular complexity index is 1120. The number of carbonyl (C=O) groups is 1. The van der Waals surface area contributed by atoms with Crippen LogP contribution in [0.1, 0.15) is 68.6 Å². The zero-order valence-electron chi connectivity index (χ0n) is 18.6. The molecule has 2 heterocycles. The standard InChI is InChI=1S/C25H31N3O3S/c1-18-16-21-9-5-8-19(22(21)17-18)10-15-32(30,31)28-13-11-25(12-14-28)24(29)26-23(27-25)20-6-3-2-4-7-20/h5,8-10,15,17,20H,2-4,6-7,11-14,16H2,1H3,(H,26,27,29)/b15-10+. The van der Waals surface area contributed by atoms with Gasteiger partial charge in [-0.2, -0.15) is 4.31 Å². The van der Waals surface area contributed by atoms with Crippen LogP contribution in [0, 0.1) is 5.92 Å². The van der Waals surface area contributed by atoms with Crippen molar-refractivity contribution in [3.05, 3.63) is 45.9 Å². The van der Waals surface area contributed by atoms with Gasteiger partial charge in [0.1, 0.15) is 11.4 Å². The molecule has 6 nitrogen and oxygen atoms in total. The Morgan fingerprint density at radius 2 is 1.91 bits per heavy atom. The predicted molar refractivity (Wildman–Crippen MR) is 127 cm³/mol. The number of amides is 1. The number of benzene rings is 1. The Morgan fingerprint density at radius 1 is 1.16 bits per heavy atom. The van der Waals surface area contributed by atoms with E-state index in [-0.39, 0.29) is 5.91 Å². The first-order valence-corrected chi connectivity index (χ1v) is 13.3. The van der Waals surface area contributed by atoms with Crippen molar-refractivity contribution in [3.8, 4) is 0 Å². The van der Waals surface area contributed by atoms with E-state index in [1.54, 1.807) is 6.08 Å². The Hall–Kier alpha value is -2.25. The van der Waals surface area contributed by atoms with Crippen LogP contribution in [-0.4, -0.2) is 43.1 Å². The molecular formula is C25H31N3O3S. The van der Waals surface area contributed by atoms with Crippen LogP contribution >= 0.6 is 0 Å². The second-order valence-electron chi connectivity index (χ2n) is 9.65. The van der Waals surface area contributed by atoms with E-state index in [4.69, 9.17) is 4.99 Å². The van der Waals surface area contributed by atoms with Gasteiger partial charge in [0.25, 0.3) is 5.91 Å². The number of carbonyl (C=O) groups excluding carboxylic acids is 1. The highest BCUT2D eigenvalue weighted by Gasteiger charge is 2.48. The highest BCUT2D eigenvalue weighted by atomic mass is 32.2. The zero-order valence-corrected chi connectivity index (χ0v) is 19.5. The minimum absolute atomic E-state index is 0.0485. The molecule has 0 radical (unpaired) electrons. The lowest BCUT2D eigenvalue weighted by molar-refractivity contribution is -0.124. The number of amidine groups is 1. The quantitative estimate of drug-likeness (QED) is 0.751. The summed E-state index contributed by atoms with van der Waals surface area (Å²) < 4.78 is 27.5. The van der Waals surface area contributed by atoms with E-state index in [1.807, 2.05) is 12.1 Å². The van der Waals surface area contributed by atoms with Crippen LogP contribution in [0.15, 0.2) is 34.2 Å². The summed E-state index contributed by atoms with van der Waals surface area (Å²) in [4.78, 5) is 17.6. The Balaban J connectivity index is 1.28. The Morgan fingerprint density at radius 3 is 2.66 bits per heavy atom. The van der Waals surface area contributed by atoms with Crippen molar-refractivity contribution < 1.29 is 13.2 Å². The van der Waals surface area contributed by atoms with Crippen molar-refractivity contribution in [2.45, 2.75) is 63.8 Å². The molecule has 2 aliphatic heterocycles. The molecular weight excluding hydrogens is 422 g/mol. The number of hydrogen-bond acceptors (Lipinski definition) is 4. The fourth-order valence-electron chi connectivity index (χ4n) is 5.51. The van der Waals surface area contributed by atoms with E-state index in [0.717, 1.165) is 36.2 Å². The number of rotatable bonds is 4. The lowest BCUT2D eigenvalue weighted by atomic mass is 9.88. The first kappa shape index (κ1) is 21.6. The molecule has 1 saturated heterocycles. The van der Waals surface area contributed by atoms with Gasteiger partial charge in [-0.05, 0) is 61.8 Å². The second kappa shape index (κ2) is 8.27. The van der Waals surface area contributed by atoms with Crippen LogP contribution in [0.5, 0.6) is 0 Å². The summed E-state index contributed by atoms with van der Waals surface area (Å²) in [5, 5.41) is 4.35. The Kier molecular flexibility index (Phi) is 5.58. The van der Waals surface area contributed by atoms with Gasteiger partial charge in [-0.3, -0.25) is 9.79 Å². The molecule has 5 rings (SSSR count). The minimum atomic E-state index is -3.56. The molecule has 170 valence electrons. The predicted octanol–water partition coefficient (Wildman–Crippen LogP) is 3.89. The maximum Gasteiger partial charge on any atom is 0.253 e. The number of nitrogens with one attached hydrogen (secondary N) is 1. The molecule has 1 saturated carbocycles. The van der Waals surface area contributed by atoms with E-state index >= 15 is 0 Å². The maximum absolute atomic E-state index is 13.0. The topological polar surface area (TPSA) is 78.8 Å². The van der Waals surface area contributed by atoms with Gasteiger partial charge in [0, 0.05) is 24.4 Å². The normalized spacial score (nSPS) is 24.0. The molecule has 0 bridgehead atoms. The average Bonchev–Trinajstić information content (AvgIpc) is 3.33. The molecule has 0 aromatic heterocycles. The second-order valence-corrected chi connectivity index (χ2v) is 11.5. The van der Waals surface area contributed by atoms with Crippen LogP contribution in [-0.2, 0) is 21.2 Å². The van der Waals surface area contributed by atoms with Crippen LogP contribution in [0.2, 0.25) is 0 Å². The number of nitrogens with zero attached hydrogens (tertiary/aromatic N) is 2. The summed E-state index contributed by atoms with van der Waals surface area (Å²) in [7, 11) is -3.56. The van der Waals surface area contributed by atoms with Gasteiger partial charge < -0.3 is 5.32 Å². The third kappa shape index (κ3) is 3.97. The molecule has 7 heteroatoms. The lowest BCUT2D eigenvalue weighted by Crippen LogP contribution is -2.50. The van der Waals surface area contributed by atoms with Crippen molar-refractivity contribution in [1.29, 1.82) is 0 Å². The van der Waals surface area contributed by atoms with Gasteiger partial charge in [-0.15, -0.1) is 0 Å². The van der Waals surface area contributed by atoms with Crippen molar-refractivity contribution in [1.82, 2.24) is 9.62 Å². The average molecular weight is 454 g/mol. The third-order valence-electron chi connectivity index (χ3n) is 7.41. The smallest absolute Gasteiger partial charge is 0.253 e. The molecule has 1 spiro atoms. The third-order valence-corrected chi connectivity index (χ3v) is 8.97. The maximum atomic E-state index is 13.0. The molecule has 1 aromatic carbocycles. The van der Waals surface area contributed by atoms with Gasteiger partial charge in [-0.1, -0.05) is 49.1 Å². The summed E-state index contributed by atoms with van der Waals surface area (Å²) >= 11 is 0. The van der Waals surface area contributed by atoms with Crippen LogP contribution in [0.3, 0.4) is 0 Å². The number of sulfonamides is 1. The number of hydrogen-bond donors (Lipinski definition) is 1. The van der Waals surface area contributed by atoms with Crippen LogP contribution in [0.25, 0.3) is 12.2 Å². The van der Waals surface area contributed by atoms with E-state index in [2.05, 4.69) is 24.4 Å².